The normalized spacial score (nSPS) is 11.2. The fraction of sp³-hybridized carbons (Fsp3) is 0.562. The van der Waals surface area contributed by atoms with Crippen LogP contribution in [0, 0.1) is 5.92 Å². The molecule has 6 heteroatoms. The molecule has 0 unspecified atom stereocenters. The van der Waals surface area contributed by atoms with Gasteiger partial charge in [-0.2, -0.15) is 0 Å². The summed E-state index contributed by atoms with van der Waals surface area (Å²) in [6, 6.07) is 7.78. The number of benzene rings is 1. The molecule has 0 fully saturated rings. The minimum atomic E-state index is 0. The minimum Gasteiger partial charge on any atom is -0.380 e. The van der Waals surface area contributed by atoms with Gasteiger partial charge >= 0.3 is 0 Å². The first-order valence-corrected chi connectivity index (χ1v) is 7.77. The highest BCUT2D eigenvalue weighted by molar-refractivity contribution is 14.0. The van der Waals surface area contributed by atoms with Crippen LogP contribution in [0.1, 0.15) is 25.8 Å². The predicted molar refractivity (Wildman–Crippen MR) is 105 cm³/mol. The molecule has 0 atom stereocenters. The Morgan fingerprint density at radius 1 is 1.23 bits per heavy atom. The van der Waals surface area contributed by atoms with E-state index in [1.54, 1.807) is 7.05 Å². The minimum absolute atomic E-state index is 0. The van der Waals surface area contributed by atoms with E-state index in [1.165, 1.54) is 0 Å². The third-order valence-electron chi connectivity index (χ3n) is 3.01. The third kappa shape index (κ3) is 9.48. The Morgan fingerprint density at radius 3 is 2.59 bits per heavy atom. The molecule has 0 bridgehead atoms. The summed E-state index contributed by atoms with van der Waals surface area (Å²) in [7, 11) is 1.75. The molecule has 0 spiro atoms. The van der Waals surface area contributed by atoms with Crippen LogP contribution in [0.3, 0.4) is 0 Å². The van der Waals surface area contributed by atoms with Gasteiger partial charge in [-0.05, 0) is 24.0 Å². The molecule has 0 saturated heterocycles. The molecule has 0 radical (unpaired) electrons. The average molecular weight is 440 g/mol. The van der Waals surface area contributed by atoms with Crippen molar-refractivity contribution in [1.29, 1.82) is 0 Å². The zero-order chi connectivity index (χ0) is 15.5. The lowest BCUT2D eigenvalue weighted by Crippen LogP contribution is -2.38. The monoisotopic (exact) mass is 439 g/mol. The van der Waals surface area contributed by atoms with Crippen molar-refractivity contribution in [2.75, 3.05) is 26.8 Å². The summed E-state index contributed by atoms with van der Waals surface area (Å²) >= 11 is 6.12. The largest absolute Gasteiger partial charge is 0.380 e. The first-order chi connectivity index (χ1) is 10.1. The van der Waals surface area contributed by atoms with Crippen LogP contribution in [-0.2, 0) is 11.3 Å². The van der Waals surface area contributed by atoms with Crippen molar-refractivity contribution >= 4 is 41.5 Å². The zero-order valence-electron chi connectivity index (χ0n) is 13.6. The van der Waals surface area contributed by atoms with Crippen molar-refractivity contribution in [3.63, 3.8) is 0 Å². The number of hydrogen-bond donors (Lipinski definition) is 2. The van der Waals surface area contributed by atoms with E-state index in [9.17, 15) is 0 Å². The van der Waals surface area contributed by atoms with Crippen LogP contribution < -0.4 is 10.6 Å². The summed E-state index contributed by atoms with van der Waals surface area (Å²) in [4.78, 5) is 4.17. The van der Waals surface area contributed by atoms with Crippen molar-refractivity contribution in [3.8, 4) is 0 Å². The Balaban J connectivity index is 0.00000441. The van der Waals surface area contributed by atoms with Gasteiger partial charge < -0.3 is 15.4 Å². The predicted octanol–water partition coefficient (Wildman–Crippen LogP) is 3.69. The highest BCUT2D eigenvalue weighted by Crippen LogP contribution is 2.14. The molecular weight excluding hydrogens is 413 g/mol. The fourth-order valence-corrected chi connectivity index (χ4v) is 1.91. The molecule has 0 aromatic heterocycles. The van der Waals surface area contributed by atoms with Crippen molar-refractivity contribution < 1.29 is 4.74 Å². The Bertz CT molecular complexity index is 441. The molecule has 1 aromatic rings. The van der Waals surface area contributed by atoms with Crippen LogP contribution in [-0.4, -0.2) is 32.8 Å². The molecule has 1 aromatic carbocycles. The van der Waals surface area contributed by atoms with Crippen molar-refractivity contribution in [1.82, 2.24) is 10.6 Å². The lowest BCUT2D eigenvalue weighted by molar-refractivity contribution is 0.128. The first-order valence-electron chi connectivity index (χ1n) is 7.39. The number of nitrogens with one attached hydrogen (secondary N) is 2. The lowest BCUT2D eigenvalue weighted by Gasteiger charge is -2.13. The van der Waals surface area contributed by atoms with Crippen LogP contribution in [0.4, 0.5) is 0 Å². The number of guanidine groups is 1. The second-order valence-corrected chi connectivity index (χ2v) is 5.65. The van der Waals surface area contributed by atoms with Crippen LogP contribution in [0.15, 0.2) is 29.3 Å². The number of hydrogen-bond acceptors (Lipinski definition) is 2. The van der Waals surface area contributed by atoms with Crippen LogP contribution in [0.2, 0.25) is 5.02 Å². The van der Waals surface area contributed by atoms with Gasteiger partial charge in [-0.1, -0.05) is 43.6 Å². The summed E-state index contributed by atoms with van der Waals surface area (Å²) in [5.74, 6) is 1.44. The van der Waals surface area contributed by atoms with Gasteiger partial charge in [-0.3, -0.25) is 4.99 Å². The smallest absolute Gasteiger partial charge is 0.191 e. The van der Waals surface area contributed by atoms with Crippen LogP contribution >= 0.6 is 35.6 Å². The van der Waals surface area contributed by atoms with Gasteiger partial charge in [-0.25, -0.2) is 0 Å². The van der Waals surface area contributed by atoms with Gasteiger partial charge in [-0.15, -0.1) is 24.0 Å². The summed E-state index contributed by atoms with van der Waals surface area (Å²) in [5, 5.41) is 7.21. The third-order valence-corrected chi connectivity index (χ3v) is 3.37. The van der Waals surface area contributed by atoms with Crippen molar-refractivity contribution in [3.05, 3.63) is 34.9 Å². The van der Waals surface area contributed by atoms with E-state index < -0.39 is 0 Å². The van der Waals surface area contributed by atoms with Crippen LogP contribution in [0.25, 0.3) is 0 Å². The fourth-order valence-electron chi connectivity index (χ4n) is 1.70. The number of rotatable bonds is 8. The van der Waals surface area contributed by atoms with Gasteiger partial charge in [0.2, 0.25) is 0 Å². The summed E-state index contributed by atoms with van der Waals surface area (Å²) in [6.45, 7) is 7.27. The molecule has 22 heavy (non-hydrogen) atoms. The number of aliphatic imine (C=N–C) groups is 1. The molecule has 1 rings (SSSR count). The molecule has 0 saturated carbocycles. The molecule has 0 aliphatic heterocycles. The molecule has 2 N–H and O–H groups in total. The Labute approximate surface area is 156 Å². The van der Waals surface area contributed by atoms with Crippen molar-refractivity contribution in [2.24, 2.45) is 10.9 Å². The highest BCUT2D eigenvalue weighted by atomic mass is 127. The maximum atomic E-state index is 6.12. The number of halogens is 2. The van der Waals surface area contributed by atoms with E-state index >= 15 is 0 Å². The molecular formula is C16H27ClIN3O. The van der Waals surface area contributed by atoms with Gasteiger partial charge in [0.15, 0.2) is 5.96 Å². The zero-order valence-corrected chi connectivity index (χ0v) is 16.7. The van der Waals surface area contributed by atoms with E-state index in [0.717, 1.165) is 36.1 Å². The van der Waals surface area contributed by atoms with Gasteiger partial charge in [0, 0.05) is 31.8 Å². The van der Waals surface area contributed by atoms with Crippen molar-refractivity contribution in [2.45, 2.75) is 26.8 Å². The Morgan fingerprint density at radius 2 is 1.95 bits per heavy atom. The molecule has 0 amide bonds. The second-order valence-electron chi connectivity index (χ2n) is 5.24. The molecule has 0 aliphatic carbocycles. The Kier molecular flexibility index (Phi) is 12.6. The van der Waals surface area contributed by atoms with E-state index in [0.29, 0.717) is 19.1 Å². The number of ether oxygens (including phenoxy) is 1. The maximum Gasteiger partial charge on any atom is 0.191 e. The molecule has 0 heterocycles. The standard InChI is InChI=1S/C16H26ClN3O.HI/c1-13(2)8-10-21-11-9-19-16(18-3)20-12-14-6-4-5-7-15(14)17;/h4-7,13H,8-12H2,1-3H3,(H2,18,19,20);1H. The lowest BCUT2D eigenvalue weighted by atomic mass is 10.1. The summed E-state index contributed by atoms with van der Waals surface area (Å²) in [5.41, 5.74) is 1.05. The maximum absolute atomic E-state index is 6.12. The molecule has 126 valence electrons. The highest BCUT2D eigenvalue weighted by Gasteiger charge is 2.01. The summed E-state index contributed by atoms with van der Waals surface area (Å²) < 4.78 is 5.55. The van der Waals surface area contributed by atoms with Gasteiger partial charge in [0.25, 0.3) is 0 Å². The van der Waals surface area contributed by atoms with E-state index in [1.807, 2.05) is 24.3 Å². The average Bonchev–Trinajstić information content (AvgIpc) is 2.47. The second kappa shape index (κ2) is 13.0. The van der Waals surface area contributed by atoms with E-state index in [4.69, 9.17) is 16.3 Å². The quantitative estimate of drug-likeness (QED) is 0.281. The SMILES string of the molecule is CN=C(NCCOCCC(C)C)NCc1ccccc1Cl.I. The molecule has 4 nitrogen and oxygen atoms in total. The number of nitrogens with zero attached hydrogens (tertiary/aromatic N) is 1. The van der Waals surface area contributed by atoms with Gasteiger partial charge in [0.05, 0.1) is 6.61 Å². The summed E-state index contributed by atoms with van der Waals surface area (Å²) in [6.07, 6.45) is 1.10. The topological polar surface area (TPSA) is 45.7 Å². The molecule has 0 aliphatic rings. The first kappa shape index (κ1) is 21.5. The van der Waals surface area contributed by atoms with Gasteiger partial charge in [0.1, 0.15) is 0 Å². The van der Waals surface area contributed by atoms with Crippen LogP contribution in [0.5, 0.6) is 0 Å². The Hall–Kier alpha value is -0.530. The van der Waals surface area contributed by atoms with E-state index in [-0.39, 0.29) is 24.0 Å². The van der Waals surface area contributed by atoms with E-state index in [2.05, 4.69) is 29.5 Å².